The van der Waals surface area contributed by atoms with Crippen LogP contribution in [0.25, 0.3) is 5.57 Å². The van der Waals surface area contributed by atoms with E-state index in [0.29, 0.717) is 40.3 Å². The van der Waals surface area contributed by atoms with Gasteiger partial charge in [-0.15, -0.1) is 0 Å². The minimum absolute atomic E-state index is 0.0583. The number of phenols is 2. The third kappa shape index (κ3) is 6.64. The number of nitrogens with zero attached hydrogens (tertiary/aromatic N) is 4. The lowest BCUT2D eigenvalue weighted by atomic mass is 9.94. The quantitative estimate of drug-likeness (QED) is 0.253. The highest BCUT2D eigenvalue weighted by atomic mass is 16.3. The van der Waals surface area contributed by atoms with Gasteiger partial charge in [0.1, 0.15) is 11.5 Å². The van der Waals surface area contributed by atoms with E-state index >= 15 is 0 Å². The highest BCUT2D eigenvalue weighted by Crippen LogP contribution is 2.39. The van der Waals surface area contributed by atoms with Crippen molar-refractivity contribution in [1.82, 2.24) is 0 Å². The molecule has 3 atom stereocenters. The first-order valence-electron chi connectivity index (χ1n) is 17.2. The number of rotatable bonds is 10. The standard InChI is InChI=1S/C41H46N4O2/c1-7-24(4)20-28-32-11-13-34(42-32)29(21-25(5)8-2)36-15-17-38(44-36)41(31-23-27(46)10-19-40(31)47)39-18-16-37(45-39)30(22-26(6)9-3)35-14-12-33(28)43-35/h10-19,23-26,46-47H,7-9,20-22H2,1-6H3. The van der Waals surface area contributed by atoms with Gasteiger partial charge in [0.15, 0.2) is 0 Å². The second-order valence-corrected chi connectivity index (χ2v) is 13.5. The molecule has 0 fully saturated rings. The summed E-state index contributed by atoms with van der Waals surface area (Å²) in [5.74, 6) is 1.50. The summed E-state index contributed by atoms with van der Waals surface area (Å²) in [5.41, 5.74) is 11.4. The molecule has 1 aromatic rings. The van der Waals surface area contributed by atoms with Crippen LogP contribution in [-0.2, 0) is 0 Å². The molecule has 1 aromatic carbocycles. The highest BCUT2D eigenvalue weighted by Gasteiger charge is 2.28. The molecule has 6 nitrogen and oxygen atoms in total. The van der Waals surface area contributed by atoms with Gasteiger partial charge in [0.25, 0.3) is 0 Å². The number of fused-ring (bicyclic) bond motifs is 4. The molecule has 5 aliphatic rings. The first-order chi connectivity index (χ1) is 22.7. The minimum atomic E-state index is 0.0583. The van der Waals surface area contributed by atoms with Gasteiger partial charge in [0, 0.05) is 27.9 Å². The van der Waals surface area contributed by atoms with Crippen molar-refractivity contribution in [2.75, 3.05) is 0 Å². The van der Waals surface area contributed by atoms with Gasteiger partial charge >= 0.3 is 0 Å². The van der Waals surface area contributed by atoms with Gasteiger partial charge in [-0.2, -0.15) is 0 Å². The molecule has 0 spiro atoms. The average Bonchev–Trinajstić information content (AvgIpc) is 3.90. The normalized spacial score (nSPS) is 20.4. The molecule has 0 saturated carbocycles. The van der Waals surface area contributed by atoms with Crippen LogP contribution in [0.15, 0.2) is 126 Å². The Bertz CT molecular complexity index is 1860. The van der Waals surface area contributed by atoms with E-state index < -0.39 is 0 Å². The van der Waals surface area contributed by atoms with E-state index in [4.69, 9.17) is 20.0 Å². The lowest BCUT2D eigenvalue weighted by Gasteiger charge is -2.16. The molecule has 8 bridgehead atoms. The fraction of sp³-hybridized carbons (Fsp3) is 0.366. The zero-order chi connectivity index (χ0) is 33.2. The Labute approximate surface area is 279 Å². The van der Waals surface area contributed by atoms with Crippen LogP contribution in [0.3, 0.4) is 0 Å². The molecule has 0 aromatic heterocycles. The van der Waals surface area contributed by atoms with Gasteiger partial charge in [0.05, 0.1) is 45.6 Å². The molecule has 6 rings (SSSR count). The molecule has 0 saturated heterocycles. The van der Waals surface area contributed by atoms with Crippen LogP contribution in [0.5, 0.6) is 11.5 Å². The zero-order valence-electron chi connectivity index (χ0n) is 28.5. The molecule has 6 heteroatoms. The van der Waals surface area contributed by atoms with Gasteiger partial charge in [-0.1, -0.05) is 60.8 Å². The zero-order valence-corrected chi connectivity index (χ0v) is 28.5. The maximum Gasteiger partial charge on any atom is 0.123 e. The number of aliphatic imine (C=N–C) groups is 4. The van der Waals surface area contributed by atoms with E-state index in [9.17, 15) is 10.2 Å². The van der Waals surface area contributed by atoms with Crippen LogP contribution >= 0.6 is 0 Å². The van der Waals surface area contributed by atoms with Gasteiger partial charge < -0.3 is 10.2 Å². The molecular formula is C41H46N4O2. The summed E-state index contributed by atoms with van der Waals surface area (Å²) in [6, 6.07) is 4.59. The summed E-state index contributed by atoms with van der Waals surface area (Å²) in [7, 11) is 0. The van der Waals surface area contributed by atoms with Crippen LogP contribution in [-0.4, -0.2) is 33.1 Å². The Kier molecular flexibility index (Phi) is 9.40. The molecule has 47 heavy (non-hydrogen) atoms. The van der Waals surface area contributed by atoms with Crippen molar-refractivity contribution in [3.05, 3.63) is 112 Å². The molecule has 5 aliphatic heterocycles. The topological polar surface area (TPSA) is 89.9 Å². The number of allylic oxidation sites excluding steroid dienone is 12. The lowest BCUT2D eigenvalue weighted by Crippen LogP contribution is -2.08. The van der Waals surface area contributed by atoms with E-state index in [1.54, 1.807) is 6.07 Å². The van der Waals surface area contributed by atoms with E-state index in [0.717, 1.165) is 83.9 Å². The van der Waals surface area contributed by atoms with Gasteiger partial charge in [0.2, 0.25) is 0 Å². The van der Waals surface area contributed by atoms with Crippen molar-refractivity contribution in [2.45, 2.75) is 80.1 Å². The molecule has 5 heterocycles. The lowest BCUT2D eigenvalue weighted by molar-refractivity contribution is 0.459. The average molecular weight is 627 g/mol. The maximum absolute atomic E-state index is 11.1. The van der Waals surface area contributed by atoms with E-state index in [1.165, 1.54) is 17.7 Å². The first-order valence-corrected chi connectivity index (χ1v) is 17.2. The fourth-order valence-corrected chi connectivity index (χ4v) is 6.37. The summed E-state index contributed by atoms with van der Waals surface area (Å²) in [4.78, 5) is 21.0. The maximum atomic E-state index is 11.1. The van der Waals surface area contributed by atoms with Crippen LogP contribution in [0.1, 0.15) is 85.6 Å². The smallest absolute Gasteiger partial charge is 0.123 e. The molecule has 3 unspecified atom stereocenters. The first kappa shape index (κ1) is 32.4. The second-order valence-electron chi connectivity index (χ2n) is 13.5. The molecule has 242 valence electrons. The molecule has 2 N–H and O–H groups in total. The van der Waals surface area contributed by atoms with Crippen molar-refractivity contribution in [3.8, 4) is 11.5 Å². The summed E-state index contributed by atoms with van der Waals surface area (Å²) in [5, 5.41) is 21.6. The van der Waals surface area contributed by atoms with Gasteiger partial charge in [-0.05, 0) is 104 Å². The molecular weight excluding hydrogens is 580 g/mol. The van der Waals surface area contributed by atoms with Gasteiger partial charge in [-0.3, -0.25) is 0 Å². The van der Waals surface area contributed by atoms with Gasteiger partial charge in [-0.25, -0.2) is 20.0 Å². The third-order valence-electron chi connectivity index (χ3n) is 9.93. The van der Waals surface area contributed by atoms with Crippen LogP contribution in [0.4, 0.5) is 0 Å². The fourth-order valence-electron chi connectivity index (χ4n) is 6.37. The molecule has 0 radical (unpaired) electrons. The Morgan fingerprint density at radius 2 is 0.894 bits per heavy atom. The number of hydrogen-bond acceptors (Lipinski definition) is 6. The summed E-state index contributed by atoms with van der Waals surface area (Å²) < 4.78 is 0. The Hall–Kier alpha value is -4.58. The number of hydrogen-bond donors (Lipinski definition) is 2. The molecule has 0 aliphatic carbocycles. The predicted molar refractivity (Wildman–Crippen MR) is 196 cm³/mol. The summed E-state index contributed by atoms with van der Waals surface area (Å²) >= 11 is 0. The largest absolute Gasteiger partial charge is 0.508 e. The van der Waals surface area contributed by atoms with Crippen LogP contribution < -0.4 is 0 Å². The highest BCUT2D eigenvalue weighted by molar-refractivity contribution is 6.33. The SMILES string of the molecule is CCC(C)CC1=C2C=CC(=N2)C(CC(C)CC)=C2C=CC(=N2)C(c2cc(O)ccc2O)=C2C=CC(=N2)C(CC(C)CC)=C2C=CC1=N2. The van der Waals surface area contributed by atoms with Crippen LogP contribution in [0, 0.1) is 17.8 Å². The van der Waals surface area contributed by atoms with Crippen molar-refractivity contribution in [3.63, 3.8) is 0 Å². The second kappa shape index (κ2) is 13.6. The van der Waals surface area contributed by atoms with E-state index in [1.807, 2.05) is 12.2 Å². The van der Waals surface area contributed by atoms with Crippen LogP contribution in [0.2, 0.25) is 0 Å². The molecule has 0 amide bonds. The van der Waals surface area contributed by atoms with Crippen molar-refractivity contribution in [1.29, 1.82) is 0 Å². The predicted octanol–water partition coefficient (Wildman–Crippen LogP) is 9.94. The monoisotopic (exact) mass is 626 g/mol. The van der Waals surface area contributed by atoms with Crippen molar-refractivity contribution < 1.29 is 10.2 Å². The number of aromatic hydroxyl groups is 2. The van der Waals surface area contributed by atoms with Crippen molar-refractivity contribution >= 4 is 28.4 Å². The minimum Gasteiger partial charge on any atom is -0.508 e. The Morgan fingerprint density at radius 1 is 0.511 bits per heavy atom. The number of phenolic OH excluding ortho intramolecular Hbond substituents is 2. The van der Waals surface area contributed by atoms with E-state index in [2.05, 4.69) is 78.0 Å². The Morgan fingerprint density at radius 3 is 1.34 bits per heavy atom. The summed E-state index contributed by atoms with van der Waals surface area (Å²) in [6.07, 6.45) is 22.4. The van der Waals surface area contributed by atoms with Crippen molar-refractivity contribution in [2.24, 2.45) is 37.7 Å². The summed E-state index contributed by atoms with van der Waals surface area (Å²) in [6.45, 7) is 13.5. The number of benzene rings is 1. The Balaban J connectivity index is 1.66. The third-order valence-corrected chi connectivity index (χ3v) is 9.93. The van der Waals surface area contributed by atoms with E-state index in [-0.39, 0.29) is 11.5 Å².